The lowest BCUT2D eigenvalue weighted by molar-refractivity contribution is -0.119. The zero-order valence-corrected chi connectivity index (χ0v) is 16.5. The van der Waals surface area contributed by atoms with Crippen LogP contribution in [0.1, 0.15) is 23.2 Å². The second kappa shape index (κ2) is 9.06. The molecular weight excluding hydrogens is 541 g/mol. The summed E-state index contributed by atoms with van der Waals surface area (Å²) in [5.41, 5.74) is 0.467. The van der Waals surface area contributed by atoms with Crippen LogP contribution in [0.3, 0.4) is 0 Å². The highest BCUT2D eigenvalue weighted by Crippen LogP contribution is 2.26. The summed E-state index contributed by atoms with van der Waals surface area (Å²) in [6.07, 6.45) is 0.818. The number of nitrogens with one attached hydrogen (secondary N) is 2. The van der Waals surface area contributed by atoms with Crippen LogP contribution in [0.5, 0.6) is 0 Å². The van der Waals surface area contributed by atoms with Gasteiger partial charge in [-0.15, -0.1) is 11.6 Å². The zero-order valence-electron chi connectivity index (χ0n) is 10.6. The van der Waals surface area contributed by atoms with E-state index in [1.54, 1.807) is 0 Å². The third kappa shape index (κ3) is 6.20. The Kier molecular flexibility index (Phi) is 8.13. The van der Waals surface area contributed by atoms with Crippen LogP contribution in [0.2, 0.25) is 0 Å². The number of hydrogen-bond acceptors (Lipinski definition) is 3. The molecule has 1 amide bonds. The number of aromatic carboxylic acids is 1. The Balaban J connectivity index is 2.85. The van der Waals surface area contributed by atoms with Crippen LogP contribution in [0.25, 0.3) is 0 Å². The van der Waals surface area contributed by atoms with E-state index in [4.69, 9.17) is 23.8 Å². The monoisotopic (exact) mass is 552 g/mol. The normalized spacial score (nSPS) is 10.0. The molecule has 0 saturated heterocycles. The van der Waals surface area contributed by atoms with Crippen molar-refractivity contribution < 1.29 is 14.7 Å². The van der Waals surface area contributed by atoms with Crippen LogP contribution in [-0.2, 0) is 4.79 Å². The first-order valence-corrected chi connectivity index (χ1v) is 8.84. The number of hydrogen-bond donors (Lipinski definition) is 3. The number of anilines is 1. The summed E-state index contributed by atoms with van der Waals surface area (Å²) >= 11 is 14.6. The zero-order chi connectivity index (χ0) is 16.0. The fraction of sp³-hybridized carbons (Fsp3) is 0.250. The molecule has 0 aliphatic rings. The molecule has 0 radical (unpaired) electrons. The molecular formula is C12H11ClI2N2O3S. The molecule has 21 heavy (non-hydrogen) atoms. The topological polar surface area (TPSA) is 78.4 Å². The van der Waals surface area contributed by atoms with Gasteiger partial charge < -0.3 is 15.7 Å². The largest absolute Gasteiger partial charge is 0.478 e. The summed E-state index contributed by atoms with van der Waals surface area (Å²) in [5.74, 6) is -0.929. The molecule has 5 nitrogen and oxygen atoms in total. The van der Waals surface area contributed by atoms with Crippen molar-refractivity contribution in [2.75, 3.05) is 11.2 Å². The fourth-order valence-corrected chi connectivity index (χ4v) is 3.76. The Hall–Kier alpha value is -0.200. The highest BCUT2D eigenvalue weighted by Gasteiger charge is 2.16. The number of carbonyl (C=O) groups is 2. The first kappa shape index (κ1) is 18.8. The van der Waals surface area contributed by atoms with Crippen molar-refractivity contribution in [2.45, 2.75) is 12.8 Å². The lowest BCUT2D eigenvalue weighted by atomic mass is 10.2. The average Bonchev–Trinajstić information content (AvgIpc) is 2.38. The van der Waals surface area contributed by atoms with Gasteiger partial charge in [-0.2, -0.15) is 0 Å². The molecule has 0 unspecified atom stereocenters. The van der Waals surface area contributed by atoms with Crippen molar-refractivity contribution in [1.29, 1.82) is 0 Å². The minimum absolute atomic E-state index is 0.0659. The quantitative estimate of drug-likeness (QED) is 0.297. The summed E-state index contributed by atoms with van der Waals surface area (Å²) < 4.78 is 1.51. The van der Waals surface area contributed by atoms with Gasteiger partial charge >= 0.3 is 5.97 Å². The number of carboxylic acid groups (broad SMARTS) is 1. The molecule has 0 aliphatic heterocycles. The number of carboxylic acids is 1. The predicted octanol–water partition coefficient (Wildman–Crippen LogP) is 3.43. The highest BCUT2D eigenvalue weighted by molar-refractivity contribution is 14.1. The summed E-state index contributed by atoms with van der Waals surface area (Å²) in [6.45, 7) is 0. The lowest BCUT2D eigenvalue weighted by Crippen LogP contribution is -2.34. The van der Waals surface area contributed by atoms with Crippen LogP contribution in [0, 0.1) is 7.14 Å². The molecule has 1 aromatic carbocycles. The van der Waals surface area contributed by atoms with Crippen molar-refractivity contribution in [3.63, 3.8) is 0 Å². The van der Waals surface area contributed by atoms with Crippen molar-refractivity contribution in [2.24, 2.45) is 0 Å². The maximum Gasteiger partial charge on any atom is 0.337 e. The number of amides is 1. The van der Waals surface area contributed by atoms with E-state index in [1.165, 1.54) is 6.07 Å². The van der Waals surface area contributed by atoms with Crippen molar-refractivity contribution in [3.8, 4) is 0 Å². The Labute approximate surface area is 159 Å². The second-order valence-electron chi connectivity index (χ2n) is 3.91. The van der Waals surface area contributed by atoms with E-state index in [2.05, 4.69) is 10.6 Å². The Bertz CT molecular complexity index is 584. The maximum atomic E-state index is 11.5. The molecule has 0 aromatic heterocycles. The second-order valence-corrected chi connectivity index (χ2v) is 7.10. The van der Waals surface area contributed by atoms with Crippen molar-refractivity contribution in [1.82, 2.24) is 5.32 Å². The summed E-state index contributed by atoms with van der Waals surface area (Å²) in [5, 5.41) is 14.6. The molecule has 3 N–H and O–H groups in total. The van der Waals surface area contributed by atoms with Crippen molar-refractivity contribution in [3.05, 3.63) is 24.8 Å². The molecule has 0 bridgehead atoms. The van der Waals surface area contributed by atoms with Crippen LogP contribution >= 0.6 is 69.0 Å². The van der Waals surface area contributed by atoms with E-state index >= 15 is 0 Å². The number of benzene rings is 1. The third-order valence-electron chi connectivity index (χ3n) is 2.31. The molecule has 0 saturated carbocycles. The van der Waals surface area contributed by atoms with Gasteiger partial charge in [-0.1, -0.05) is 0 Å². The van der Waals surface area contributed by atoms with Crippen molar-refractivity contribution >= 4 is 91.7 Å². The first-order chi connectivity index (χ1) is 9.85. The van der Waals surface area contributed by atoms with E-state index in [1.807, 2.05) is 51.2 Å². The third-order valence-corrected chi connectivity index (χ3v) is 4.26. The average molecular weight is 553 g/mol. The minimum Gasteiger partial charge on any atom is -0.478 e. The SMILES string of the molecule is O=C(CCCCl)NC(=S)Nc1c(I)cc(I)cc1C(=O)O. The van der Waals surface area contributed by atoms with Gasteiger partial charge in [0.15, 0.2) is 5.11 Å². The Morgan fingerprint density at radius 3 is 2.57 bits per heavy atom. The van der Waals surface area contributed by atoms with E-state index in [0.29, 0.717) is 21.6 Å². The van der Waals surface area contributed by atoms with E-state index in [-0.39, 0.29) is 23.0 Å². The van der Waals surface area contributed by atoms with Gasteiger partial charge in [0.05, 0.1) is 11.3 Å². The lowest BCUT2D eigenvalue weighted by Gasteiger charge is -2.14. The van der Waals surface area contributed by atoms with Crippen LogP contribution in [0.15, 0.2) is 12.1 Å². The molecule has 1 aromatic rings. The van der Waals surface area contributed by atoms with Gasteiger partial charge in [0.2, 0.25) is 5.91 Å². The van der Waals surface area contributed by atoms with Gasteiger partial charge in [0, 0.05) is 19.4 Å². The van der Waals surface area contributed by atoms with Gasteiger partial charge in [0.25, 0.3) is 0 Å². The highest BCUT2D eigenvalue weighted by atomic mass is 127. The fourth-order valence-electron chi connectivity index (χ4n) is 1.43. The molecule has 1 rings (SSSR count). The number of thiocarbonyl (C=S) groups is 1. The van der Waals surface area contributed by atoms with Gasteiger partial charge in [0.1, 0.15) is 0 Å². The minimum atomic E-state index is -1.06. The van der Waals surface area contributed by atoms with Gasteiger partial charge in [-0.25, -0.2) is 4.79 Å². The molecule has 114 valence electrons. The predicted molar refractivity (Wildman–Crippen MR) is 103 cm³/mol. The molecule has 0 aliphatic carbocycles. The van der Waals surface area contributed by atoms with Gasteiger partial charge in [-0.3, -0.25) is 4.79 Å². The van der Waals surface area contributed by atoms with Gasteiger partial charge in [-0.05, 0) is 76.0 Å². The maximum absolute atomic E-state index is 11.5. The Morgan fingerprint density at radius 2 is 2.00 bits per heavy atom. The summed E-state index contributed by atoms with van der Waals surface area (Å²) in [6, 6.07) is 3.35. The van der Waals surface area contributed by atoms with Crippen LogP contribution in [0.4, 0.5) is 5.69 Å². The molecule has 0 heterocycles. The number of halogens is 3. The summed E-state index contributed by atoms with van der Waals surface area (Å²) in [4.78, 5) is 22.8. The van der Waals surface area contributed by atoms with Crippen LogP contribution < -0.4 is 10.6 Å². The molecule has 0 spiro atoms. The van der Waals surface area contributed by atoms with E-state index < -0.39 is 5.97 Å². The molecule has 0 fully saturated rings. The van der Waals surface area contributed by atoms with Crippen LogP contribution in [-0.4, -0.2) is 28.0 Å². The first-order valence-electron chi connectivity index (χ1n) is 5.74. The Morgan fingerprint density at radius 1 is 1.33 bits per heavy atom. The molecule has 9 heteroatoms. The number of rotatable bonds is 5. The standard InChI is InChI=1S/C12H11ClI2N2O3S/c13-3-1-2-9(18)16-12(21)17-10-7(11(19)20)4-6(14)5-8(10)15/h4-5H,1-3H2,(H,19,20)(H2,16,17,18,21). The number of alkyl halides is 1. The smallest absolute Gasteiger partial charge is 0.337 e. The number of carbonyl (C=O) groups excluding carboxylic acids is 1. The summed E-state index contributed by atoms with van der Waals surface area (Å²) in [7, 11) is 0. The van der Waals surface area contributed by atoms with E-state index in [9.17, 15) is 14.7 Å². The molecule has 0 atom stereocenters. The van der Waals surface area contributed by atoms with E-state index in [0.717, 1.165) is 3.57 Å².